The molecule has 2 bridgehead atoms. The quantitative estimate of drug-likeness (QED) is 0.256. The van der Waals surface area contributed by atoms with Crippen LogP contribution >= 0.6 is 0 Å². The second-order valence-electron chi connectivity index (χ2n) is 10.4. The lowest BCUT2D eigenvalue weighted by Crippen LogP contribution is -2.54. The Balaban J connectivity index is 1.51. The number of imide groups is 1. The highest BCUT2D eigenvalue weighted by Crippen LogP contribution is 2.63. The van der Waals surface area contributed by atoms with Crippen LogP contribution in [-0.2, 0) is 15.0 Å². The topological polar surface area (TPSA) is 49.7 Å². The second-order valence-corrected chi connectivity index (χ2v) is 10.4. The highest BCUT2D eigenvalue weighted by atomic mass is 16.2. The highest BCUT2D eigenvalue weighted by molar-refractivity contribution is 6.25. The van der Waals surface area contributed by atoms with Crippen molar-refractivity contribution >= 4 is 29.4 Å². The van der Waals surface area contributed by atoms with Crippen LogP contribution in [0.25, 0.3) is 0 Å². The van der Waals surface area contributed by atoms with E-state index in [2.05, 4.69) is 24.3 Å². The molecule has 4 nitrogen and oxygen atoms in total. The number of carbonyl (C=O) groups is 2. The van der Waals surface area contributed by atoms with Gasteiger partial charge in [0.05, 0.1) is 28.6 Å². The molecule has 0 N–H and O–H groups in total. The molecule has 1 heterocycles. The molecule has 4 aromatic rings. The maximum absolute atomic E-state index is 14.5. The Kier molecular flexibility index (Phi) is 4.65. The number of nitrogens with zero attached hydrogens (tertiary/aromatic N) is 2. The van der Waals surface area contributed by atoms with Gasteiger partial charge in [-0.15, -0.1) is 0 Å². The molecule has 2 atom stereocenters. The van der Waals surface area contributed by atoms with Gasteiger partial charge in [-0.3, -0.25) is 14.6 Å². The highest BCUT2D eigenvalue weighted by Gasteiger charge is 2.68. The molecule has 8 rings (SSSR count). The first-order valence-electron chi connectivity index (χ1n) is 12.8. The molecule has 0 spiro atoms. The van der Waals surface area contributed by atoms with Crippen LogP contribution in [0.2, 0.25) is 0 Å². The standard InChI is InChI=1S/C33H26N2O2/c1-20-16-17-27(21(2)18-20)35-31(36)29-28-23-12-6-8-14-25(23)33(30(29)32(35)37,26-15-9-7-13-24(26)28)19-34-22-10-4-3-5-11-22/h3-19,28-30H,1-2H3/t28?,29-,30+,33?/m1/s1. The minimum Gasteiger partial charge on any atom is -0.274 e. The van der Waals surface area contributed by atoms with Gasteiger partial charge in [0.25, 0.3) is 0 Å². The van der Waals surface area contributed by atoms with Crippen molar-refractivity contribution in [3.63, 3.8) is 0 Å². The van der Waals surface area contributed by atoms with Gasteiger partial charge in [-0.2, -0.15) is 0 Å². The van der Waals surface area contributed by atoms with E-state index in [4.69, 9.17) is 4.99 Å². The molecule has 0 unspecified atom stereocenters. The van der Waals surface area contributed by atoms with E-state index in [-0.39, 0.29) is 17.7 Å². The third-order valence-electron chi connectivity index (χ3n) is 8.45. The molecule has 37 heavy (non-hydrogen) atoms. The predicted octanol–water partition coefficient (Wildman–Crippen LogP) is 6.26. The second kappa shape index (κ2) is 7.84. The largest absolute Gasteiger partial charge is 0.274 e. The van der Waals surface area contributed by atoms with E-state index < -0.39 is 17.3 Å². The van der Waals surface area contributed by atoms with Gasteiger partial charge in [-0.05, 0) is 59.9 Å². The van der Waals surface area contributed by atoms with E-state index in [9.17, 15) is 9.59 Å². The van der Waals surface area contributed by atoms with Crippen molar-refractivity contribution in [3.8, 4) is 0 Å². The van der Waals surface area contributed by atoms with Crippen LogP contribution in [0.3, 0.4) is 0 Å². The van der Waals surface area contributed by atoms with Crippen molar-refractivity contribution in [2.75, 3.05) is 4.90 Å². The Labute approximate surface area is 216 Å². The Morgan fingerprint density at radius 3 is 2.03 bits per heavy atom. The van der Waals surface area contributed by atoms with Crippen molar-refractivity contribution in [3.05, 3.63) is 130 Å². The lowest BCUT2D eigenvalue weighted by atomic mass is 9.47. The first kappa shape index (κ1) is 21.9. The van der Waals surface area contributed by atoms with E-state index in [1.807, 2.05) is 92.9 Å². The molecular weight excluding hydrogens is 456 g/mol. The summed E-state index contributed by atoms with van der Waals surface area (Å²) in [7, 11) is 0. The summed E-state index contributed by atoms with van der Waals surface area (Å²) in [5.41, 5.74) is 7.06. The predicted molar refractivity (Wildman–Crippen MR) is 145 cm³/mol. The van der Waals surface area contributed by atoms with Crippen LogP contribution in [0.4, 0.5) is 11.4 Å². The summed E-state index contributed by atoms with van der Waals surface area (Å²) in [6, 6.07) is 32.3. The molecule has 4 aliphatic rings. The summed E-state index contributed by atoms with van der Waals surface area (Å²) >= 11 is 0. The number of hydrogen-bond donors (Lipinski definition) is 0. The summed E-state index contributed by atoms with van der Waals surface area (Å²) in [5, 5.41) is 0. The molecule has 1 fully saturated rings. The van der Waals surface area contributed by atoms with Crippen molar-refractivity contribution < 1.29 is 9.59 Å². The maximum atomic E-state index is 14.5. The van der Waals surface area contributed by atoms with Crippen molar-refractivity contribution in [1.82, 2.24) is 0 Å². The number of carbonyl (C=O) groups excluding carboxylic acids is 2. The normalized spacial score (nSPS) is 25.4. The number of benzene rings is 4. The molecule has 4 aromatic carbocycles. The zero-order chi connectivity index (χ0) is 25.3. The van der Waals surface area contributed by atoms with Crippen LogP contribution in [0.15, 0.2) is 102 Å². The van der Waals surface area contributed by atoms with Crippen LogP contribution < -0.4 is 4.90 Å². The molecule has 180 valence electrons. The molecule has 0 aromatic heterocycles. The van der Waals surface area contributed by atoms with Crippen molar-refractivity contribution in [1.29, 1.82) is 0 Å². The Bertz CT molecular complexity index is 1570. The third kappa shape index (κ3) is 2.87. The lowest BCUT2D eigenvalue weighted by molar-refractivity contribution is -0.122. The van der Waals surface area contributed by atoms with E-state index in [1.165, 1.54) is 4.90 Å². The van der Waals surface area contributed by atoms with E-state index in [1.54, 1.807) is 0 Å². The van der Waals surface area contributed by atoms with Crippen molar-refractivity contribution in [2.24, 2.45) is 16.8 Å². The van der Waals surface area contributed by atoms with E-state index in [0.29, 0.717) is 5.69 Å². The minimum atomic E-state index is -0.845. The average Bonchev–Trinajstić information content (AvgIpc) is 3.19. The SMILES string of the molecule is Cc1ccc(N2C(=O)[C@@H]3C4c5ccccc5C(C=Nc5ccccc5)(c5ccccc54)[C@@H]3C2=O)c(C)c1. The van der Waals surface area contributed by atoms with Gasteiger partial charge >= 0.3 is 0 Å². The van der Waals surface area contributed by atoms with Crippen LogP contribution in [-0.4, -0.2) is 18.0 Å². The molecule has 0 radical (unpaired) electrons. The number of rotatable bonds is 3. The monoisotopic (exact) mass is 482 g/mol. The van der Waals surface area contributed by atoms with Gasteiger partial charge in [-0.1, -0.05) is 84.4 Å². The van der Waals surface area contributed by atoms with Crippen LogP contribution in [0.5, 0.6) is 0 Å². The van der Waals surface area contributed by atoms with Gasteiger partial charge in [0, 0.05) is 12.1 Å². The zero-order valence-corrected chi connectivity index (χ0v) is 20.8. The molecular formula is C33H26N2O2. The summed E-state index contributed by atoms with van der Waals surface area (Å²) < 4.78 is 0. The smallest absolute Gasteiger partial charge is 0.239 e. The number of anilines is 1. The summed E-state index contributed by atoms with van der Waals surface area (Å²) in [6.45, 7) is 3.99. The third-order valence-corrected chi connectivity index (χ3v) is 8.45. The Morgan fingerprint density at radius 2 is 1.38 bits per heavy atom. The first-order valence-corrected chi connectivity index (χ1v) is 12.8. The fourth-order valence-corrected chi connectivity index (χ4v) is 7.03. The maximum Gasteiger partial charge on any atom is 0.239 e. The van der Waals surface area contributed by atoms with Gasteiger partial charge < -0.3 is 0 Å². The minimum absolute atomic E-state index is 0.117. The lowest BCUT2D eigenvalue weighted by Gasteiger charge is -2.52. The van der Waals surface area contributed by atoms with Crippen LogP contribution in [0.1, 0.15) is 39.3 Å². The molecule has 1 saturated heterocycles. The number of aliphatic imine (C=N–C) groups is 1. The van der Waals surface area contributed by atoms with E-state index >= 15 is 0 Å². The van der Waals surface area contributed by atoms with Gasteiger partial charge in [-0.25, -0.2) is 4.90 Å². The fourth-order valence-electron chi connectivity index (χ4n) is 7.03. The Hall–Kier alpha value is -4.31. The molecule has 3 aliphatic carbocycles. The molecule has 0 saturated carbocycles. The van der Waals surface area contributed by atoms with Crippen LogP contribution in [0, 0.1) is 25.7 Å². The zero-order valence-electron chi connectivity index (χ0n) is 20.8. The van der Waals surface area contributed by atoms with E-state index in [0.717, 1.165) is 39.1 Å². The number of aryl methyl sites for hydroxylation is 2. The van der Waals surface area contributed by atoms with Gasteiger partial charge in [0.2, 0.25) is 11.8 Å². The average molecular weight is 483 g/mol. The summed E-state index contributed by atoms with van der Waals surface area (Å²) in [5.74, 6) is -1.48. The molecule has 2 amide bonds. The number of amides is 2. The summed E-state index contributed by atoms with van der Waals surface area (Å²) in [4.78, 5) is 35.1. The number of para-hydroxylation sites is 1. The molecule has 1 aliphatic heterocycles. The molecule has 4 heteroatoms. The first-order chi connectivity index (χ1) is 18.0. The van der Waals surface area contributed by atoms with Crippen molar-refractivity contribution in [2.45, 2.75) is 25.2 Å². The van der Waals surface area contributed by atoms with Gasteiger partial charge in [0.15, 0.2) is 0 Å². The van der Waals surface area contributed by atoms with Gasteiger partial charge in [0.1, 0.15) is 0 Å². The Morgan fingerprint density at radius 1 is 0.757 bits per heavy atom. The number of hydrogen-bond acceptors (Lipinski definition) is 3. The summed E-state index contributed by atoms with van der Waals surface area (Å²) in [6.07, 6.45) is 1.95. The fraction of sp³-hybridized carbons (Fsp3) is 0.182.